The lowest BCUT2D eigenvalue weighted by Crippen LogP contribution is -2.48. The fraction of sp³-hybridized carbons (Fsp3) is 0.929. The third-order valence-electron chi connectivity index (χ3n) is 4.03. The summed E-state index contributed by atoms with van der Waals surface area (Å²) in [6, 6.07) is 0. The number of Topliss-reactive ketones (excluding diaryl/α,β-unsaturated/α-hetero) is 1. The molecule has 0 rings (SSSR count). The molecule has 0 aromatic carbocycles. The van der Waals surface area contributed by atoms with E-state index in [0.29, 0.717) is 12.8 Å². The van der Waals surface area contributed by atoms with Crippen molar-refractivity contribution in [2.24, 2.45) is 5.92 Å². The molecule has 20 heavy (non-hydrogen) atoms. The van der Waals surface area contributed by atoms with Crippen LogP contribution in [0.4, 0.5) is 13.2 Å². The molecule has 120 valence electrons. The van der Waals surface area contributed by atoms with E-state index < -0.39 is 32.3 Å². The van der Waals surface area contributed by atoms with Crippen LogP contribution in [0, 0.1) is 5.92 Å². The van der Waals surface area contributed by atoms with Crippen molar-refractivity contribution < 1.29 is 22.4 Å². The number of carbonyl (C=O) groups excluding carboxylic acids is 1. The predicted octanol–water partition coefficient (Wildman–Crippen LogP) is 4.94. The highest BCUT2D eigenvalue weighted by atomic mass is 28.4. The molecule has 0 aliphatic rings. The molecule has 0 aliphatic carbocycles. The van der Waals surface area contributed by atoms with Crippen molar-refractivity contribution in [3.05, 3.63) is 0 Å². The van der Waals surface area contributed by atoms with Crippen LogP contribution in [0.15, 0.2) is 0 Å². The second-order valence-electron chi connectivity index (χ2n) is 6.82. The Hall–Kier alpha value is -0.363. The van der Waals surface area contributed by atoms with Gasteiger partial charge in [-0.1, -0.05) is 34.1 Å². The molecule has 0 N–H and O–H groups in total. The van der Waals surface area contributed by atoms with Crippen molar-refractivity contribution in [2.75, 3.05) is 0 Å². The van der Waals surface area contributed by atoms with E-state index in [4.69, 9.17) is 4.43 Å². The van der Waals surface area contributed by atoms with E-state index >= 15 is 0 Å². The van der Waals surface area contributed by atoms with Crippen molar-refractivity contribution in [3.63, 3.8) is 0 Å². The highest BCUT2D eigenvalue weighted by Gasteiger charge is 2.46. The molecular formula is C14H27F3O2Si. The minimum absolute atomic E-state index is 0.138. The summed E-state index contributed by atoms with van der Waals surface area (Å²) in [7, 11) is -2.26. The summed E-state index contributed by atoms with van der Waals surface area (Å²) in [6.07, 6.45) is -4.49. The summed E-state index contributed by atoms with van der Waals surface area (Å²) in [6.45, 7) is 12.6. The van der Waals surface area contributed by atoms with Crippen molar-refractivity contribution in [1.82, 2.24) is 0 Å². The molecule has 0 aromatic rings. The molecule has 0 saturated carbocycles. The molecular weight excluding hydrogens is 285 g/mol. The molecule has 2 nitrogen and oxygen atoms in total. The van der Waals surface area contributed by atoms with E-state index in [1.807, 2.05) is 40.8 Å². The van der Waals surface area contributed by atoms with Gasteiger partial charge < -0.3 is 4.43 Å². The molecule has 0 amide bonds. The van der Waals surface area contributed by atoms with Gasteiger partial charge in [-0.3, -0.25) is 4.79 Å². The maximum absolute atomic E-state index is 12.7. The zero-order valence-corrected chi connectivity index (χ0v) is 14.5. The molecule has 0 aromatic heterocycles. The van der Waals surface area contributed by atoms with Crippen LogP contribution in [-0.2, 0) is 9.22 Å². The van der Waals surface area contributed by atoms with E-state index in [9.17, 15) is 18.0 Å². The van der Waals surface area contributed by atoms with Crippen molar-refractivity contribution in [2.45, 2.75) is 77.9 Å². The van der Waals surface area contributed by atoms with Gasteiger partial charge in [0.05, 0.1) is 0 Å². The third kappa shape index (κ3) is 5.20. The fourth-order valence-corrected chi connectivity index (χ4v) is 2.79. The van der Waals surface area contributed by atoms with Crippen LogP contribution in [-0.4, -0.2) is 26.4 Å². The van der Waals surface area contributed by atoms with Crippen LogP contribution in [0.5, 0.6) is 0 Å². The van der Waals surface area contributed by atoms with Crippen LogP contribution in [0.3, 0.4) is 0 Å². The van der Waals surface area contributed by atoms with E-state index in [1.165, 1.54) is 0 Å². The minimum Gasteiger partial charge on any atom is -0.407 e. The van der Waals surface area contributed by atoms with Crippen LogP contribution < -0.4 is 0 Å². The highest BCUT2D eigenvalue weighted by molar-refractivity contribution is 6.74. The minimum atomic E-state index is -4.50. The Balaban J connectivity index is 5.13. The molecule has 0 bridgehead atoms. The second kappa shape index (κ2) is 6.60. The Morgan fingerprint density at radius 3 is 1.95 bits per heavy atom. The molecule has 1 unspecified atom stereocenters. The number of alkyl halides is 3. The zero-order chi connectivity index (χ0) is 16.4. The molecule has 0 radical (unpaired) electrons. The number of ketones is 1. The van der Waals surface area contributed by atoms with Crippen LogP contribution >= 0.6 is 0 Å². The van der Waals surface area contributed by atoms with E-state index in [0.717, 1.165) is 6.92 Å². The van der Waals surface area contributed by atoms with E-state index in [-0.39, 0.29) is 5.04 Å². The van der Waals surface area contributed by atoms with Gasteiger partial charge in [-0.2, -0.15) is 13.2 Å². The van der Waals surface area contributed by atoms with E-state index in [2.05, 4.69) is 0 Å². The first-order valence-corrected chi connectivity index (χ1v) is 9.93. The monoisotopic (exact) mass is 312 g/mol. The molecule has 0 saturated heterocycles. The van der Waals surface area contributed by atoms with Gasteiger partial charge in [-0.25, -0.2) is 0 Å². The average molecular weight is 312 g/mol. The standard InChI is InChI=1S/C14H27F3O2Si/c1-8-9-11(12(18)10(2)14(15,16)17)19-20(6,7)13(3,4)5/h10-11H,8-9H2,1-7H3/t10?,11-/m0/s1. The van der Waals surface area contributed by atoms with Gasteiger partial charge in [-0.05, 0) is 31.5 Å². The van der Waals surface area contributed by atoms with Gasteiger partial charge in [0.25, 0.3) is 0 Å². The number of carbonyl (C=O) groups is 1. The average Bonchev–Trinajstić information content (AvgIpc) is 2.23. The lowest BCUT2D eigenvalue weighted by atomic mass is 9.99. The van der Waals surface area contributed by atoms with Gasteiger partial charge in [-0.15, -0.1) is 0 Å². The van der Waals surface area contributed by atoms with Gasteiger partial charge >= 0.3 is 6.18 Å². The van der Waals surface area contributed by atoms with Crippen LogP contribution in [0.25, 0.3) is 0 Å². The smallest absolute Gasteiger partial charge is 0.398 e. The van der Waals surface area contributed by atoms with Crippen LogP contribution in [0.1, 0.15) is 47.5 Å². The highest BCUT2D eigenvalue weighted by Crippen LogP contribution is 2.38. The maximum Gasteiger partial charge on any atom is 0.398 e. The third-order valence-corrected chi connectivity index (χ3v) is 8.52. The predicted molar refractivity (Wildman–Crippen MR) is 77.2 cm³/mol. The molecule has 0 spiro atoms. The summed E-state index contributed by atoms with van der Waals surface area (Å²) in [5.74, 6) is -2.81. The molecule has 0 heterocycles. The number of rotatable bonds is 6. The van der Waals surface area contributed by atoms with Gasteiger partial charge in [0.2, 0.25) is 0 Å². The Morgan fingerprint density at radius 2 is 1.65 bits per heavy atom. The van der Waals surface area contributed by atoms with Gasteiger partial charge in [0.1, 0.15) is 12.0 Å². The summed E-state index contributed by atoms with van der Waals surface area (Å²) in [5, 5.41) is -0.138. The van der Waals surface area contributed by atoms with Crippen molar-refractivity contribution >= 4 is 14.1 Å². The fourth-order valence-electron chi connectivity index (χ4n) is 1.49. The normalized spacial score (nSPS) is 16.9. The first-order valence-electron chi connectivity index (χ1n) is 7.02. The summed E-state index contributed by atoms with van der Waals surface area (Å²) >= 11 is 0. The first kappa shape index (κ1) is 19.6. The largest absolute Gasteiger partial charge is 0.407 e. The molecule has 2 atom stereocenters. The zero-order valence-electron chi connectivity index (χ0n) is 13.5. The summed E-state index contributed by atoms with van der Waals surface area (Å²) < 4.78 is 44.0. The second-order valence-corrected chi connectivity index (χ2v) is 11.6. The first-order chi connectivity index (χ1) is 8.74. The Kier molecular flexibility index (Phi) is 6.48. The Bertz CT molecular complexity index is 332. The molecule has 6 heteroatoms. The summed E-state index contributed by atoms with van der Waals surface area (Å²) in [5.41, 5.74) is 0. The van der Waals surface area contributed by atoms with Gasteiger partial charge in [0, 0.05) is 0 Å². The topological polar surface area (TPSA) is 26.3 Å². The molecule has 0 aliphatic heterocycles. The maximum atomic E-state index is 12.7. The summed E-state index contributed by atoms with van der Waals surface area (Å²) in [4.78, 5) is 12.1. The number of hydrogen-bond acceptors (Lipinski definition) is 2. The lowest BCUT2D eigenvalue weighted by Gasteiger charge is -2.39. The Labute approximate surface area is 121 Å². The van der Waals surface area contributed by atoms with Crippen molar-refractivity contribution in [3.8, 4) is 0 Å². The number of halogens is 3. The quantitative estimate of drug-likeness (QED) is 0.649. The number of hydrogen-bond donors (Lipinski definition) is 0. The molecule has 0 fully saturated rings. The lowest BCUT2D eigenvalue weighted by molar-refractivity contribution is -0.182. The van der Waals surface area contributed by atoms with E-state index in [1.54, 1.807) is 0 Å². The Morgan fingerprint density at radius 1 is 1.20 bits per heavy atom. The SMILES string of the molecule is CCC[C@H](O[Si](C)(C)C(C)(C)C)C(=O)C(C)C(F)(F)F. The van der Waals surface area contributed by atoms with Gasteiger partial charge in [0.15, 0.2) is 14.1 Å². The van der Waals surface area contributed by atoms with Crippen molar-refractivity contribution in [1.29, 1.82) is 0 Å². The van der Waals surface area contributed by atoms with Crippen LogP contribution in [0.2, 0.25) is 18.1 Å².